The number of nitrogens with zero attached hydrogens (tertiary/aromatic N) is 3. The highest BCUT2D eigenvalue weighted by Crippen LogP contribution is 2.34. The molecule has 1 N–H and O–H groups in total. The Balaban J connectivity index is 1.25. The minimum atomic E-state index is 0.0860. The summed E-state index contributed by atoms with van der Waals surface area (Å²) in [6.45, 7) is 4.75. The second-order valence-electron chi connectivity index (χ2n) is 7.65. The Labute approximate surface area is 174 Å². The highest BCUT2D eigenvalue weighted by atomic mass is 32.1. The number of hydrogen-bond acceptors (Lipinski definition) is 5. The summed E-state index contributed by atoms with van der Waals surface area (Å²) in [7, 11) is 0. The summed E-state index contributed by atoms with van der Waals surface area (Å²) in [6, 6.07) is 12.3. The number of benzene rings is 1. The zero-order chi connectivity index (χ0) is 19.6. The van der Waals surface area contributed by atoms with E-state index >= 15 is 0 Å². The largest absolute Gasteiger partial charge is 0.378 e. The number of nitrogens with one attached hydrogen (secondary N) is 1. The highest BCUT2D eigenvalue weighted by Gasteiger charge is 2.29. The van der Waals surface area contributed by atoms with Crippen molar-refractivity contribution in [3.63, 3.8) is 0 Å². The number of likely N-dealkylation sites (tertiary alicyclic amines) is 1. The summed E-state index contributed by atoms with van der Waals surface area (Å²) in [4.78, 5) is 25.3. The van der Waals surface area contributed by atoms with Crippen molar-refractivity contribution >= 4 is 33.1 Å². The number of carbonyl (C=O) groups is 1. The van der Waals surface area contributed by atoms with Gasteiger partial charge in [0.15, 0.2) is 6.20 Å². The summed E-state index contributed by atoms with van der Waals surface area (Å²) in [5.74, 6) is 0.531. The van der Waals surface area contributed by atoms with Crippen LogP contribution in [0.1, 0.15) is 34.3 Å². The maximum absolute atomic E-state index is 13.1. The molecule has 6 nitrogen and oxygen atoms in total. The molecule has 2 fully saturated rings. The number of anilines is 1. The average molecular weight is 410 g/mol. The zero-order valence-electron chi connectivity index (χ0n) is 16.3. The summed E-state index contributed by atoms with van der Waals surface area (Å²) in [5, 5.41) is 1.21. The molecule has 0 saturated carbocycles. The number of amides is 1. The lowest BCUT2D eigenvalue weighted by atomic mass is 9.97. The maximum Gasteiger partial charge on any atom is 0.318 e. The smallest absolute Gasteiger partial charge is 0.318 e. The highest BCUT2D eigenvalue weighted by molar-refractivity contribution is 7.18. The fourth-order valence-corrected chi connectivity index (χ4v) is 5.30. The topological polar surface area (TPSA) is 59.8 Å². The first-order valence-electron chi connectivity index (χ1n) is 10.3. The monoisotopic (exact) mass is 409 g/mol. The van der Waals surface area contributed by atoms with Crippen LogP contribution in [0.5, 0.6) is 0 Å². The van der Waals surface area contributed by atoms with Crippen molar-refractivity contribution in [1.82, 2.24) is 9.88 Å². The third-order valence-corrected chi connectivity index (χ3v) is 7.03. The Bertz CT molecular complexity index is 974. The molecule has 2 aliphatic rings. The van der Waals surface area contributed by atoms with Gasteiger partial charge in [-0.1, -0.05) is 12.1 Å². The van der Waals surface area contributed by atoms with Gasteiger partial charge in [0.25, 0.3) is 5.69 Å². The van der Waals surface area contributed by atoms with Crippen LogP contribution in [0, 0.1) is 0 Å². The van der Waals surface area contributed by atoms with Crippen LogP contribution in [0.4, 0.5) is 5.69 Å². The van der Waals surface area contributed by atoms with E-state index in [-0.39, 0.29) is 5.91 Å². The molecule has 0 atom stereocenters. The number of thiazole rings is 1. The van der Waals surface area contributed by atoms with E-state index in [1.807, 2.05) is 29.3 Å². The number of hydrogen-bond donors (Lipinski definition) is 0. The Morgan fingerprint density at radius 2 is 1.90 bits per heavy atom. The lowest BCUT2D eigenvalue weighted by Crippen LogP contribution is -2.41. The van der Waals surface area contributed by atoms with Crippen LogP contribution < -0.4 is 9.88 Å². The number of para-hydroxylation sites is 1. The molecule has 5 rings (SSSR count). The van der Waals surface area contributed by atoms with Crippen molar-refractivity contribution in [2.45, 2.75) is 18.8 Å². The van der Waals surface area contributed by atoms with E-state index < -0.39 is 0 Å². The van der Waals surface area contributed by atoms with Gasteiger partial charge in [-0.15, -0.1) is 11.3 Å². The van der Waals surface area contributed by atoms with Gasteiger partial charge in [-0.3, -0.25) is 4.79 Å². The van der Waals surface area contributed by atoms with Crippen molar-refractivity contribution in [3.05, 3.63) is 53.3 Å². The molecule has 1 aromatic carbocycles. The molecule has 0 spiro atoms. The van der Waals surface area contributed by atoms with E-state index in [0.717, 1.165) is 63.4 Å². The molecule has 29 heavy (non-hydrogen) atoms. The predicted molar refractivity (Wildman–Crippen MR) is 114 cm³/mol. The summed E-state index contributed by atoms with van der Waals surface area (Å²) in [5.41, 5.74) is 2.83. The lowest BCUT2D eigenvalue weighted by molar-refractivity contribution is -0.382. The molecule has 4 heterocycles. The molecule has 0 unspecified atom stereocenters. The first kappa shape index (κ1) is 18.5. The number of aromatic nitrogens is 2. The fraction of sp³-hybridized carbons (Fsp3) is 0.409. The van der Waals surface area contributed by atoms with Crippen LogP contribution in [0.3, 0.4) is 0 Å². The quantitative estimate of drug-likeness (QED) is 0.667. The first-order chi connectivity index (χ1) is 14.3. The number of carbonyl (C=O) groups excluding carboxylic acids is 1. The summed E-state index contributed by atoms with van der Waals surface area (Å²) >= 11 is 1.79. The van der Waals surface area contributed by atoms with Gasteiger partial charge in [0.2, 0.25) is 0 Å². The van der Waals surface area contributed by atoms with Crippen LogP contribution >= 0.6 is 11.3 Å². The average Bonchev–Trinajstić information content (AvgIpc) is 3.24. The number of pyridine rings is 1. The molecule has 1 amide bonds. The lowest BCUT2D eigenvalue weighted by Gasteiger charge is -2.30. The Kier molecular flexibility index (Phi) is 5.16. The molecule has 7 heteroatoms. The predicted octanol–water partition coefficient (Wildman–Crippen LogP) is 2.97. The van der Waals surface area contributed by atoms with Crippen LogP contribution in [0.25, 0.3) is 10.2 Å². The molecule has 2 aromatic heterocycles. The van der Waals surface area contributed by atoms with Gasteiger partial charge in [-0.05, 0) is 25.0 Å². The number of piperidine rings is 1. The number of aromatic amines is 1. The number of ether oxygens (including phenoxy) is 1. The Morgan fingerprint density at radius 1 is 1.10 bits per heavy atom. The van der Waals surface area contributed by atoms with Crippen molar-refractivity contribution in [1.29, 1.82) is 0 Å². The molecular weight excluding hydrogens is 384 g/mol. The van der Waals surface area contributed by atoms with Gasteiger partial charge < -0.3 is 14.5 Å². The normalized spacial score (nSPS) is 18.3. The van der Waals surface area contributed by atoms with Gasteiger partial charge in [-0.25, -0.2) is 9.97 Å². The van der Waals surface area contributed by atoms with Gasteiger partial charge in [0.05, 0.1) is 28.4 Å². The van der Waals surface area contributed by atoms with Gasteiger partial charge >= 0.3 is 5.91 Å². The van der Waals surface area contributed by atoms with Crippen molar-refractivity contribution in [2.75, 3.05) is 44.3 Å². The number of H-pyrrole nitrogens is 1. The van der Waals surface area contributed by atoms with E-state index in [9.17, 15) is 4.79 Å². The number of rotatable bonds is 3. The van der Waals surface area contributed by atoms with Gasteiger partial charge in [-0.2, -0.15) is 0 Å². The number of morpholine rings is 1. The SMILES string of the molecule is O=C(c1cc(N2CCOCC2)cc[nH+]1)N1CCC(c2nc3ccccc3s2)CC1. The number of fused-ring (bicyclic) bond motifs is 1. The second-order valence-corrected chi connectivity index (χ2v) is 8.71. The van der Waals surface area contributed by atoms with E-state index in [1.165, 1.54) is 9.71 Å². The van der Waals surface area contributed by atoms with Gasteiger partial charge in [0.1, 0.15) is 0 Å². The molecule has 2 saturated heterocycles. The first-order valence-corrected chi connectivity index (χ1v) is 11.1. The van der Waals surface area contributed by atoms with Crippen LogP contribution in [0.2, 0.25) is 0 Å². The van der Waals surface area contributed by atoms with E-state index in [0.29, 0.717) is 11.6 Å². The molecule has 0 radical (unpaired) electrons. The minimum Gasteiger partial charge on any atom is -0.378 e. The maximum atomic E-state index is 13.1. The fourth-order valence-electron chi connectivity index (χ4n) is 4.16. The van der Waals surface area contributed by atoms with Crippen LogP contribution in [-0.2, 0) is 4.74 Å². The Morgan fingerprint density at radius 3 is 2.69 bits per heavy atom. The van der Waals surface area contributed by atoms with Crippen molar-refractivity contribution < 1.29 is 14.5 Å². The Hall–Kier alpha value is -2.51. The van der Waals surface area contributed by atoms with Crippen molar-refractivity contribution in [3.8, 4) is 0 Å². The van der Waals surface area contributed by atoms with Gasteiger partial charge in [0, 0.05) is 49.9 Å². The molecule has 2 aliphatic heterocycles. The zero-order valence-corrected chi connectivity index (χ0v) is 17.2. The molecule has 0 aliphatic carbocycles. The van der Waals surface area contributed by atoms with E-state index in [2.05, 4.69) is 28.1 Å². The summed E-state index contributed by atoms with van der Waals surface area (Å²) in [6.07, 6.45) is 3.80. The third kappa shape index (κ3) is 3.84. The van der Waals surface area contributed by atoms with Crippen molar-refractivity contribution in [2.24, 2.45) is 0 Å². The van der Waals surface area contributed by atoms with Crippen LogP contribution in [0.15, 0.2) is 42.6 Å². The molecule has 0 bridgehead atoms. The molecule has 150 valence electrons. The molecule has 3 aromatic rings. The third-order valence-electron chi connectivity index (χ3n) is 5.83. The van der Waals surface area contributed by atoms with Crippen LogP contribution in [-0.4, -0.2) is 55.2 Å². The molecular formula is C22H25N4O2S+. The van der Waals surface area contributed by atoms with E-state index in [4.69, 9.17) is 9.72 Å². The minimum absolute atomic E-state index is 0.0860. The second kappa shape index (κ2) is 8.08. The summed E-state index contributed by atoms with van der Waals surface area (Å²) < 4.78 is 6.68. The van der Waals surface area contributed by atoms with E-state index in [1.54, 1.807) is 11.3 Å². The standard InChI is InChI=1S/C22H24N4O2S/c27-22(19-15-17(5-8-23-19)25-11-13-28-14-12-25)26-9-6-16(7-10-26)21-24-18-3-1-2-4-20(18)29-21/h1-5,8,15-16H,6-7,9-14H2/p+1.